The second kappa shape index (κ2) is 5.91. The molecule has 2 heterocycles. The summed E-state index contributed by atoms with van der Waals surface area (Å²) < 4.78 is 18.4. The predicted octanol–water partition coefficient (Wildman–Crippen LogP) is 3.12. The molecule has 0 atom stereocenters. The minimum absolute atomic E-state index is 0.292. The molecule has 20 heavy (non-hydrogen) atoms. The van der Waals surface area contributed by atoms with Crippen LogP contribution in [0.25, 0.3) is 0 Å². The fraction of sp³-hybridized carbons (Fsp3) is 0.267. The van der Waals surface area contributed by atoms with Crippen LogP contribution >= 0.6 is 15.9 Å². The largest absolute Gasteiger partial charge is 0.486 e. The van der Waals surface area contributed by atoms with Crippen molar-refractivity contribution in [1.29, 1.82) is 0 Å². The second-order valence-electron chi connectivity index (χ2n) is 4.43. The van der Waals surface area contributed by atoms with E-state index in [1.807, 2.05) is 36.4 Å². The van der Waals surface area contributed by atoms with Gasteiger partial charge in [0.25, 0.3) is 0 Å². The Bertz CT molecular complexity index is 553. The predicted molar refractivity (Wildman–Crippen MR) is 77.5 cm³/mol. The summed E-state index contributed by atoms with van der Waals surface area (Å²) in [6.45, 7) is 1.42. The van der Waals surface area contributed by atoms with Gasteiger partial charge >= 0.3 is 0 Å². The zero-order valence-corrected chi connectivity index (χ0v) is 12.4. The van der Waals surface area contributed by atoms with E-state index in [2.05, 4.69) is 20.9 Å². The molecule has 4 nitrogen and oxygen atoms in total. The van der Waals surface area contributed by atoms with Crippen molar-refractivity contribution in [3.05, 3.63) is 58.8 Å². The zero-order valence-electron chi connectivity index (χ0n) is 10.8. The molecule has 0 amide bonds. The molecule has 1 aromatic heterocycles. The number of nitrogens with zero attached hydrogens (tertiary/aromatic N) is 1. The monoisotopic (exact) mass is 335 g/mol. The van der Waals surface area contributed by atoms with E-state index < -0.39 is 5.79 Å². The van der Waals surface area contributed by atoms with Gasteiger partial charge in [-0.3, -0.25) is 4.98 Å². The molecule has 0 unspecified atom stereocenters. The first-order chi connectivity index (χ1) is 9.78. The van der Waals surface area contributed by atoms with Crippen LogP contribution in [0.15, 0.2) is 53.3 Å². The van der Waals surface area contributed by atoms with Crippen LogP contribution in [-0.2, 0) is 15.3 Å². The Morgan fingerprint density at radius 1 is 1.15 bits per heavy atom. The first-order valence-corrected chi connectivity index (χ1v) is 7.15. The fourth-order valence-electron chi connectivity index (χ4n) is 2.10. The third-order valence-corrected chi connectivity index (χ3v) is 3.63. The molecular weight excluding hydrogens is 322 g/mol. The van der Waals surface area contributed by atoms with E-state index in [1.54, 1.807) is 12.4 Å². The third kappa shape index (κ3) is 2.85. The van der Waals surface area contributed by atoms with E-state index in [1.165, 1.54) is 0 Å². The normalized spacial score (nSPS) is 17.1. The summed E-state index contributed by atoms with van der Waals surface area (Å²) in [6, 6.07) is 11.6. The molecule has 5 heteroatoms. The molecule has 0 radical (unpaired) electrons. The third-order valence-electron chi connectivity index (χ3n) is 3.10. The molecule has 0 bridgehead atoms. The second-order valence-corrected chi connectivity index (χ2v) is 5.35. The first kappa shape index (κ1) is 13.5. The molecule has 1 aliphatic heterocycles. The molecule has 0 aliphatic carbocycles. The van der Waals surface area contributed by atoms with Crippen LogP contribution in [0, 0.1) is 0 Å². The lowest BCUT2D eigenvalue weighted by Gasteiger charge is -2.27. The summed E-state index contributed by atoms with van der Waals surface area (Å²) in [4.78, 5) is 4.02. The number of benzene rings is 1. The summed E-state index contributed by atoms with van der Waals surface area (Å²) >= 11 is 3.43. The maximum absolute atomic E-state index is 5.81. The molecule has 3 rings (SSSR count). The molecule has 1 fully saturated rings. The van der Waals surface area contributed by atoms with Gasteiger partial charge in [0.1, 0.15) is 12.4 Å². The highest BCUT2D eigenvalue weighted by Crippen LogP contribution is 2.33. The Morgan fingerprint density at radius 3 is 2.55 bits per heavy atom. The number of rotatable bonds is 4. The molecule has 1 saturated heterocycles. The number of hydrogen-bond acceptors (Lipinski definition) is 4. The van der Waals surface area contributed by atoms with E-state index in [0.29, 0.717) is 25.6 Å². The minimum Gasteiger partial charge on any atom is -0.486 e. The van der Waals surface area contributed by atoms with Gasteiger partial charge in [-0.25, -0.2) is 0 Å². The van der Waals surface area contributed by atoms with Gasteiger partial charge in [0.2, 0.25) is 5.79 Å². The van der Waals surface area contributed by atoms with Crippen molar-refractivity contribution in [3.63, 3.8) is 0 Å². The van der Waals surface area contributed by atoms with E-state index in [0.717, 1.165) is 10.0 Å². The number of aromatic nitrogens is 1. The Hall–Kier alpha value is -1.43. The SMILES string of the molecule is Brc1ccc(C2(COc3cccnc3)OCCO2)cc1. The Balaban J connectivity index is 1.79. The minimum atomic E-state index is -0.837. The summed E-state index contributed by atoms with van der Waals surface area (Å²) in [7, 11) is 0. The smallest absolute Gasteiger partial charge is 0.230 e. The van der Waals surface area contributed by atoms with Gasteiger partial charge in [-0.1, -0.05) is 28.1 Å². The van der Waals surface area contributed by atoms with E-state index in [9.17, 15) is 0 Å². The zero-order chi connectivity index (χ0) is 13.8. The van der Waals surface area contributed by atoms with Crippen LogP contribution in [-0.4, -0.2) is 24.8 Å². The highest BCUT2D eigenvalue weighted by atomic mass is 79.9. The maximum atomic E-state index is 5.81. The van der Waals surface area contributed by atoms with Crippen molar-refractivity contribution in [2.24, 2.45) is 0 Å². The van der Waals surface area contributed by atoms with Crippen LogP contribution in [0.2, 0.25) is 0 Å². The van der Waals surface area contributed by atoms with E-state index in [4.69, 9.17) is 14.2 Å². The average molecular weight is 336 g/mol. The lowest BCUT2D eigenvalue weighted by atomic mass is 10.1. The lowest BCUT2D eigenvalue weighted by Crippen LogP contribution is -2.34. The van der Waals surface area contributed by atoms with Crippen molar-refractivity contribution in [1.82, 2.24) is 4.98 Å². The van der Waals surface area contributed by atoms with Crippen LogP contribution < -0.4 is 4.74 Å². The molecule has 0 N–H and O–H groups in total. The first-order valence-electron chi connectivity index (χ1n) is 6.35. The molecular formula is C15H14BrNO3. The van der Waals surface area contributed by atoms with Crippen molar-refractivity contribution in [2.45, 2.75) is 5.79 Å². The van der Waals surface area contributed by atoms with E-state index >= 15 is 0 Å². The van der Waals surface area contributed by atoms with Gasteiger partial charge in [-0.15, -0.1) is 0 Å². The van der Waals surface area contributed by atoms with Crippen LogP contribution in [0.3, 0.4) is 0 Å². The van der Waals surface area contributed by atoms with Gasteiger partial charge in [0.15, 0.2) is 0 Å². The maximum Gasteiger partial charge on any atom is 0.230 e. The lowest BCUT2D eigenvalue weighted by molar-refractivity contribution is -0.185. The summed E-state index contributed by atoms with van der Waals surface area (Å²) in [5.41, 5.74) is 0.946. The number of pyridine rings is 1. The summed E-state index contributed by atoms with van der Waals surface area (Å²) in [5, 5.41) is 0. The van der Waals surface area contributed by atoms with Crippen molar-refractivity contribution in [2.75, 3.05) is 19.8 Å². The molecule has 0 spiro atoms. The topological polar surface area (TPSA) is 40.6 Å². The van der Waals surface area contributed by atoms with Crippen molar-refractivity contribution < 1.29 is 14.2 Å². The van der Waals surface area contributed by atoms with Gasteiger partial charge in [0, 0.05) is 16.2 Å². The van der Waals surface area contributed by atoms with E-state index in [-0.39, 0.29) is 0 Å². The highest BCUT2D eigenvalue weighted by Gasteiger charge is 2.39. The Labute approximate surface area is 125 Å². The Kier molecular flexibility index (Phi) is 4.00. The summed E-state index contributed by atoms with van der Waals surface area (Å²) in [6.07, 6.45) is 3.38. The molecule has 1 aliphatic rings. The standard InChI is InChI=1S/C15H14BrNO3/c16-13-5-3-12(4-6-13)15(19-8-9-20-15)11-18-14-2-1-7-17-10-14/h1-7,10H,8-9,11H2. The number of hydrogen-bond donors (Lipinski definition) is 0. The molecule has 1 aromatic carbocycles. The van der Waals surface area contributed by atoms with Crippen molar-refractivity contribution >= 4 is 15.9 Å². The highest BCUT2D eigenvalue weighted by molar-refractivity contribution is 9.10. The van der Waals surface area contributed by atoms with Gasteiger partial charge in [-0.05, 0) is 24.3 Å². The quantitative estimate of drug-likeness (QED) is 0.860. The fourth-order valence-corrected chi connectivity index (χ4v) is 2.37. The Morgan fingerprint density at radius 2 is 1.90 bits per heavy atom. The van der Waals surface area contributed by atoms with Crippen LogP contribution in [0.4, 0.5) is 0 Å². The van der Waals surface area contributed by atoms with Gasteiger partial charge in [-0.2, -0.15) is 0 Å². The summed E-state index contributed by atoms with van der Waals surface area (Å²) in [5.74, 6) is -0.139. The van der Waals surface area contributed by atoms with Crippen LogP contribution in [0.5, 0.6) is 5.75 Å². The average Bonchev–Trinajstić information content (AvgIpc) is 2.97. The molecule has 0 saturated carbocycles. The van der Waals surface area contributed by atoms with Gasteiger partial charge < -0.3 is 14.2 Å². The van der Waals surface area contributed by atoms with Crippen LogP contribution in [0.1, 0.15) is 5.56 Å². The number of ether oxygens (including phenoxy) is 3. The molecule has 2 aromatic rings. The van der Waals surface area contributed by atoms with Crippen molar-refractivity contribution in [3.8, 4) is 5.75 Å². The van der Waals surface area contributed by atoms with Gasteiger partial charge in [0.05, 0.1) is 19.4 Å². The number of halogens is 1. The molecule has 104 valence electrons.